The van der Waals surface area contributed by atoms with Gasteiger partial charge in [0.1, 0.15) is 23.4 Å². The Bertz CT molecular complexity index is 712. The Morgan fingerprint density at radius 3 is 2.63 bits per heavy atom. The Morgan fingerprint density at radius 2 is 2.00 bits per heavy atom. The monoisotopic (exact) mass is 397 g/mol. The molecule has 7 nitrogen and oxygen atoms in total. The van der Waals surface area contributed by atoms with Gasteiger partial charge < -0.3 is 19.9 Å². The van der Waals surface area contributed by atoms with E-state index in [2.05, 4.69) is 0 Å². The molecule has 0 radical (unpaired) electrons. The van der Waals surface area contributed by atoms with Gasteiger partial charge in [0, 0.05) is 19.4 Å². The molecule has 27 heavy (non-hydrogen) atoms. The van der Waals surface area contributed by atoms with Crippen molar-refractivity contribution in [2.24, 2.45) is 5.73 Å². The van der Waals surface area contributed by atoms with E-state index in [1.54, 1.807) is 17.9 Å². The van der Waals surface area contributed by atoms with Crippen molar-refractivity contribution in [1.82, 2.24) is 9.80 Å². The zero-order chi connectivity index (χ0) is 19.6. The topological polar surface area (TPSA) is 98.9 Å². The third kappa shape index (κ3) is 4.65. The summed E-state index contributed by atoms with van der Waals surface area (Å²) in [7, 11) is 0. The molecule has 2 saturated heterocycles. The third-order valence-electron chi connectivity index (χ3n) is 5.13. The molecular formula is C18H24FN3O4S. The molecule has 3 amide bonds. The first-order valence-corrected chi connectivity index (χ1v) is 10.5. The van der Waals surface area contributed by atoms with E-state index in [0.29, 0.717) is 44.0 Å². The number of nitrogens with zero attached hydrogens (tertiary/aromatic N) is 2. The van der Waals surface area contributed by atoms with Crippen LogP contribution >= 0.6 is 0 Å². The Kier molecular flexibility index (Phi) is 6.11. The molecule has 0 bridgehead atoms. The fourth-order valence-electron chi connectivity index (χ4n) is 3.65. The molecule has 3 rings (SSSR count). The van der Waals surface area contributed by atoms with Crippen LogP contribution in [-0.4, -0.2) is 63.7 Å². The number of carbonyl (C=O) groups excluding carboxylic acids is 2. The van der Waals surface area contributed by atoms with E-state index in [9.17, 15) is 18.5 Å². The SMILES string of the molecule is Cc1cc(F)ccc1C1CC(OC(=O)N2CC[S+]([O-])CC2)CCN1C(N)=O. The van der Waals surface area contributed by atoms with Crippen molar-refractivity contribution in [2.75, 3.05) is 31.1 Å². The Morgan fingerprint density at radius 1 is 1.30 bits per heavy atom. The summed E-state index contributed by atoms with van der Waals surface area (Å²) in [4.78, 5) is 27.4. The number of carbonyl (C=O) groups is 2. The van der Waals surface area contributed by atoms with Crippen LogP contribution in [0.5, 0.6) is 0 Å². The van der Waals surface area contributed by atoms with Crippen molar-refractivity contribution < 1.29 is 23.3 Å². The van der Waals surface area contributed by atoms with E-state index in [1.165, 1.54) is 17.0 Å². The number of likely N-dealkylation sites (tertiary alicyclic amines) is 1. The van der Waals surface area contributed by atoms with E-state index in [-0.39, 0.29) is 18.0 Å². The normalized spacial score (nSPS) is 24.0. The molecule has 1 aromatic carbocycles. The maximum Gasteiger partial charge on any atom is 0.410 e. The minimum Gasteiger partial charge on any atom is -0.616 e. The summed E-state index contributed by atoms with van der Waals surface area (Å²) in [5, 5.41) is 0. The van der Waals surface area contributed by atoms with Gasteiger partial charge in [-0.05, 0) is 30.2 Å². The fraction of sp³-hybridized carbons (Fsp3) is 0.556. The van der Waals surface area contributed by atoms with Crippen LogP contribution in [0, 0.1) is 12.7 Å². The molecule has 2 unspecified atom stereocenters. The second-order valence-corrected chi connectivity index (χ2v) is 8.61. The largest absolute Gasteiger partial charge is 0.616 e. The number of piperidine rings is 1. The predicted molar refractivity (Wildman–Crippen MR) is 99.1 cm³/mol. The molecule has 148 valence electrons. The molecule has 2 heterocycles. The van der Waals surface area contributed by atoms with E-state index < -0.39 is 23.3 Å². The van der Waals surface area contributed by atoms with E-state index >= 15 is 0 Å². The highest BCUT2D eigenvalue weighted by Gasteiger charge is 2.35. The molecule has 0 aromatic heterocycles. The quantitative estimate of drug-likeness (QED) is 0.771. The van der Waals surface area contributed by atoms with Crippen molar-refractivity contribution in [2.45, 2.75) is 31.9 Å². The second-order valence-electron chi connectivity index (χ2n) is 6.91. The first kappa shape index (κ1) is 19.8. The number of rotatable bonds is 2. The molecule has 0 aliphatic carbocycles. The van der Waals surface area contributed by atoms with Crippen molar-refractivity contribution in [1.29, 1.82) is 0 Å². The fourth-order valence-corrected chi connectivity index (χ4v) is 4.70. The maximum absolute atomic E-state index is 13.5. The molecule has 2 aliphatic rings. The highest BCUT2D eigenvalue weighted by Crippen LogP contribution is 2.34. The lowest BCUT2D eigenvalue weighted by Gasteiger charge is -2.39. The third-order valence-corrected chi connectivity index (χ3v) is 6.41. The number of primary amides is 1. The van der Waals surface area contributed by atoms with Gasteiger partial charge >= 0.3 is 12.1 Å². The van der Waals surface area contributed by atoms with Crippen LogP contribution in [0.25, 0.3) is 0 Å². The summed E-state index contributed by atoms with van der Waals surface area (Å²) in [6.07, 6.45) is 0.111. The lowest BCUT2D eigenvalue weighted by molar-refractivity contribution is 0.0193. The number of hydrogen-bond donors (Lipinski definition) is 1. The van der Waals surface area contributed by atoms with Crippen LogP contribution in [0.3, 0.4) is 0 Å². The summed E-state index contributed by atoms with van der Waals surface area (Å²) in [6, 6.07) is 3.49. The number of hydrogen-bond acceptors (Lipinski definition) is 4. The minimum atomic E-state index is -0.868. The molecule has 2 atom stereocenters. The zero-order valence-corrected chi connectivity index (χ0v) is 16.0. The van der Waals surface area contributed by atoms with Crippen LogP contribution in [-0.2, 0) is 15.9 Å². The van der Waals surface area contributed by atoms with E-state index in [0.717, 1.165) is 11.1 Å². The van der Waals surface area contributed by atoms with Gasteiger partial charge in [-0.2, -0.15) is 0 Å². The van der Waals surface area contributed by atoms with Crippen LogP contribution in [0.4, 0.5) is 14.0 Å². The van der Waals surface area contributed by atoms with Gasteiger partial charge in [0.15, 0.2) is 0 Å². The smallest absolute Gasteiger partial charge is 0.410 e. The summed E-state index contributed by atoms with van der Waals surface area (Å²) in [5.41, 5.74) is 7.03. The van der Waals surface area contributed by atoms with Gasteiger partial charge in [0.2, 0.25) is 0 Å². The van der Waals surface area contributed by atoms with Gasteiger partial charge in [0.05, 0.1) is 19.1 Å². The first-order chi connectivity index (χ1) is 12.8. The van der Waals surface area contributed by atoms with Crippen LogP contribution in [0.15, 0.2) is 18.2 Å². The summed E-state index contributed by atoms with van der Waals surface area (Å²) in [6.45, 7) is 2.98. The van der Waals surface area contributed by atoms with Crippen molar-refractivity contribution in [3.05, 3.63) is 35.1 Å². The highest BCUT2D eigenvalue weighted by atomic mass is 32.2. The lowest BCUT2D eigenvalue weighted by Crippen LogP contribution is -2.48. The molecule has 2 N–H and O–H groups in total. The summed E-state index contributed by atoms with van der Waals surface area (Å²) < 4.78 is 30.5. The van der Waals surface area contributed by atoms with Gasteiger partial charge in [-0.15, -0.1) is 0 Å². The number of halogens is 1. The zero-order valence-electron chi connectivity index (χ0n) is 15.2. The van der Waals surface area contributed by atoms with Crippen molar-refractivity contribution in [3.8, 4) is 0 Å². The maximum atomic E-state index is 13.5. The minimum absolute atomic E-state index is 0.344. The number of aryl methyl sites for hydroxylation is 1. The molecule has 0 saturated carbocycles. The Hall–Kier alpha value is -2.00. The van der Waals surface area contributed by atoms with E-state index in [4.69, 9.17) is 10.5 Å². The Labute approximate surface area is 160 Å². The second kappa shape index (κ2) is 8.35. The van der Waals surface area contributed by atoms with Gasteiger partial charge in [-0.3, -0.25) is 4.90 Å². The first-order valence-electron chi connectivity index (χ1n) is 8.98. The van der Waals surface area contributed by atoms with Crippen molar-refractivity contribution in [3.63, 3.8) is 0 Å². The molecule has 9 heteroatoms. The average Bonchev–Trinajstić information content (AvgIpc) is 2.62. The van der Waals surface area contributed by atoms with Gasteiger partial charge in [-0.25, -0.2) is 14.0 Å². The predicted octanol–water partition coefficient (Wildman–Crippen LogP) is 1.92. The lowest BCUT2D eigenvalue weighted by atomic mass is 9.91. The van der Waals surface area contributed by atoms with E-state index in [1.807, 2.05) is 0 Å². The van der Waals surface area contributed by atoms with Crippen molar-refractivity contribution >= 4 is 23.3 Å². The summed E-state index contributed by atoms with van der Waals surface area (Å²) >= 11 is -0.868. The number of urea groups is 1. The number of nitrogens with two attached hydrogens (primary N) is 1. The highest BCUT2D eigenvalue weighted by molar-refractivity contribution is 7.91. The average molecular weight is 397 g/mol. The van der Waals surface area contributed by atoms with Crippen LogP contribution in [0.2, 0.25) is 0 Å². The molecular weight excluding hydrogens is 373 g/mol. The molecule has 1 aromatic rings. The standard InChI is InChI=1S/C18H24FN3O4S/c1-12-10-13(19)2-3-15(12)16-11-14(4-5-22(16)17(20)23)26-18(24)21-6-8-27(25)9-7-21/h2-3,10,14,16H,4-9,11H2,1H3,(H2,20,23). The molecule has 2 fully saturated rings. The molecule has 2 aliphatic heterocycles. The van der Waals surface area contributed by atoms with Crippen LogP contribution in [0.1, 0.15) is 30.0 Å². The van der Waals surface area contributed by atoms with Crippen LogP contribution < -0.4 is 5.73 Å². The number of amides is 3. The van der Waals surface area contributed by atoms with Gasteiger partial charge in [0.25, 0.3) is 0 Å². The Balaban J connectivity index is 1.70. The van der Waals surface area contributed by atoms with Gasteiger partial charge in [-0.1, -0.05) is 17.2 Å². The molecule has 0 spiro atoms. The summed E-state index contributed by atoms with van der Waals surface area (Å²) in [5.74, 6) is 0.585. The number of benzene rings is 1. The number of ether oxygens (including phenoxy) is 1.